The van der Waals surface area contributed by atoms with Crippen LogP contribution in [-0.4, -0.2) is 91.4 Å². The maximum Gasteiger partial charge on any atom is 0.491 e. The lowest BCUT2D eigenvalue weighted by molar-refractivity contribution is -0.201. The zero-order chi connectivity index (χ0) is 32.2. The molecule has 0 bridgehead atoms. The fourth-order valence-corrected chi connectivity index (χ4v) is 5.48. The Morgan fingerprint density at radius 2 is 1.70 bits per heavy atom. The number of aliphatic hydroxyl groups excluding tert-OH is 1. The number of aliphatic hydroxyl groups is 1. The van der Waals surface area contributed by atoms with Crippen LogP contribution in [0.2, 0.25) is 10.0 Å². The first-order valence-electron chi connectivity index (χ1n) is 13.5. The van der Waals surface area contributed by atoms with Gasteiger partial charge in [-0.25, -0.2) is 13.6 Å². The maximum absolute atomic E-state index is 12.8. The van der Waals surface area contributed by atoms with Gasteiger partial charge in [-0.05, 0) is 48.7 Å². The molecule has 2 fully saturated rings. The summed E-state index contributed by atoms with van der Waals surface area (Å²) in [5.41, 5.74) is 0.716. The van der Waals surface area contributed by atoms with Crippen molar-refractivity contribution in [2.75, 3.05) is 37.7 Å². The van der Waals surface area contributed by atoms with Crippen LogP contribution in [0.3, 0.4) is 0 Å². The van der Waals surface area contributed by atoms with Crippen molar-refractivity contribution in [3.63, 3.8) is 0 Å². The molecule has 2 N–H and O–H groups in total. The number of hydrogen-bond donors (Lipinski definition) is 2. The number of rotatable bonds is 9. The molecule has 240 valence electrons. The zero-order valence-electron chi connectivity index (χ0n) is 23.0. The average molecular weight is 668 g/mol. The summed E-state index contributed by atoms with van der Waals surface area (Å²) in [7, 11) is 0. The molecule has 4 rings (SSSR count). The number of benzene rings is 2. The van der Waals surface area contributed by atoms with Crippen LogP contribution in [0.15, 0.2) is 36.4 Å². The van der Waals surface area contributed by atoms with E-state index in [1.165, 1.54) is 6.07 Å². The number of ether oxygens (including phenoxy) is 2. The van der Waals surface area contributed by atoms with Crippen LogP contribution in [0.5, 0.6) is 5.75 Å². The molecule has 44 heavy (non-hydrogen) atoms. The standard InChI is InChI=1S/C28H28Cl2F5N3O6/c29-17-3-1-15(2-4-17)26(41)37-7-5-18(6-8-37)36-20-12-38(13-22(20)39)21-11-23(43-14-24(31)32)19(30)9-16(21)10-25(40)44-27(42)28(33,34)35/h1-4,9,11,18,20,22,24,36,39H,5-8,10,12-14H2. The number of esters is 2. The summed E-state index contributed by atoms with van der Waals surface area (Å²) in [5, 5.41) is 14.5. The number of carbonyl (C=O) groups excluding carboxylic acids is 3. The number of nitrogens with one attached hydrogen (secondary N) is 1. The molecule has 0 radical (unpaired) electrons. The number of anilines is 1. The van der Waals surface area contributed by atoms with Crippen LogP contribution < -0.4 is 15.0 Å². The van der Waals surface area contributed by atoms with Crippen molar-refractivity contribution in [1.82, 2.24) is 10.2 Å². The van der Waals surface area contributed by atoms with Gasteiger partial charge < -0.3 is 29.7 Å². The van der Waals surface area contributed by atoms with E-state index in [2.05, 4.69) is 10.1 Å². The molecular formula is C28H28Cl2F5N3O6. The van der Waals surface area contributed by atoms with E-state index < -0.39 is 49.7 Å². The monoisotopic (exact) mass is 667 g/mol. The molecule has 2 saturated heterocycles. The third-order valence-corrected chi connectivity index (χ3v) is 7.77. The van der Waals surface area contributed by atoms with Gasteiger partial charge in [0.05, 0.1) is 23.6 Å². The average Bonchev–Trinajstić information content (AvgIpc) is 3.31. The Labute approximate surface area is 258 Å². The highest BCUT2D eigenvalue weighted by Gasteiger charge is 2.42. The second-order valence-corrected chi connectivity index (χ2v) is 11.2. The van der Waals surface area contributed by atoms with Crippen LogP contribution in [0, 0.1) is 0 Å². The smallest absolute Gasteiger partial charge is 0.486 e. The fourth-order valence-electron chi connectivity index (χ4n) is 5.11. The fraction of sp³-hybridized carbons (Fsp3) is 0.464. The van der Waals surface area contributed by atoms with Crippen LogP contribution >= 0.6 is 23.2 Å². The number of nitrogens with zero attached hydrogens (tertiary/aromatic N) is 2. The molecule has 2 aliphatic heterocycles. The lowest BCUT2D eigenvalue weighted by atomic mass is 10.0. The summed E-state index contributed by atoms with van der Waals surface area (Å²) >= 11 is 12.0. The zero-order valence-corrected chi connectivity index (χ0v) is 24.5. The number of amides is 1. The predicted molar refractivity (Wildman–Crippen MR) is 149 cm³/mol. The van der Waals surface area contributed by atoms with Gasteiger partial charge >= 0.3 is 18.1 Å². The van der Waals surface area contributed by atoms with Crippen LogP contribution in [0.25, 0.3) is 0 Å². The molecule has 2 aliphatic rings. The van der Waals surface area contributed by atoms with Gasteiger partial charge in [-0.15, -0.1) is 0 Å². The summed E-state index contributed by atoms with van der Waals surface area (Å²) < 4.78 is 72.3. The Bertz CT molecular complexity index is 1360. The van der Waals surface area contributed by atoms with Crippen LogP contribution in [0.1, 0.15) is 28.8 Å². The normalized spacial score (nSPS) is 19.4. The van der Waals surface area contributed by atoms with E-state index in [0.29, 0.717) is 36.5 Å². The molecule has 16 heteroatoms. The third-order valence-electron chi connectivity index (χ3n) is 7.22. The van der Waals surface area contributed by atoms with Crippen LogP contribution in [-0.2, 0) is 20.7 Å². The van der Waals surface area contributed by atoms with E-state index in [-0.39, 0.29) is 47.1 Å². The summed E-state index contributed by atoms with van der Waals surface area (Å²) in [5.74, 6) is -4.49. The van der Waals surface area contributed by atoms with Gasteiger partial charge in [0.2, 0.25) is 0 Å². The first-order valence-corrected chi connectivity index (χ1v) is 14.3. The molecular weight excluding hydrogens is 640 g/mol. The molecule has 0 spiro atoms. The largest absolute Gasteiger partial charge is 0.491 e. The van der Waals surface area contributed by atoms with E-state index in [1.54, 1.807) is 34.1 Å². The second kappa shape index (κ2) is 14.3. The van der Waals surface area contributed by atoms with E-state index in [0.717, 1.165) is 6.07 Å². The number of likely N-dealkylation sites (tertiary alicyclic amines) is 1. The summed E-state index contributed by atoms with van der Waals surface area (Å²) in [4.78, 5) is 39.5. The highest BCUT2D eigenvalue weighted by atomic mass is 35.5. The Hall–Kier alpha value is -3.20. The maximum atomic E-state index is 12.8. The van der Waals surface area contributed by atoms with Gasteiger partial charge in [-0.2, -0.15) is 13.2 Å². The molecule has 1 amide bonds. The molecule has 2 aromatic rings. The molecule has 9 nitrogen and oxygen atoms in total. The topological polar surface area (TPSA) is 108 Å². The molecule has 0 aromatic heterocycles. The minimum atomic E-state index is -5.39. The van der Waals surface area contributed by atoms with Gasteiger partial charge in [0.1, 0.15) is 12.4 Å². The number of carbonyl (C=O) groups is 3. The highest BCUT2D eigenvalue weighted by Crippen LogP contribution is 2.36. The minimum Gasteiger partial charge on any atom is -0.486 e. The molecule has 2 unspecified atom stereocenters. The van der Waals surface area contributed by atoms with E-state index in [4.69, 9.17) is 27.9 Å². The predicted octanol–water partition coefficient (Wildman–Crippen LogP) is 4.26. The number of halogens is 7. The second-order valence-electron chi connectivity index (χ2n) is 10.4. The highest BCUT2D eigenvalue weighted by molar-refractivity contribution is 6.32. The van der Waals surface area contributed by atoms with Gasteiger partial charge in [-0.3, -0.25) is 9.59 Å². The van der Waals surface area contributed by atoms with Crippen molar-refractivity contribution in [2.45, 2.75) is 50.1 Å². The number of piperidine rings is 1. The lowest BCUT2D eigenvalue weighted by Crippen LogP contribution is -2.50. The van der Waals surface area contributed by atoms with E-state index >= 15 is 0 Å². The van der Waals surface area contributed by atoms with Gasteiger partial charge in [0.15, 0.2) is 0 Å². The third kappa shape index (κ3) is 8.71. The summed E-state index contributed by atoms with van der Waals surface area (Å²) in [6.07, 6.45) is -8.76. The molecule has 2 atom stereocenters. The molecule has 2 heterocycles. The van der Waals surface area contributed by atoms with Gasteiger partial charge in [0.25, 0.3) is 12.3 Å². The van der Waals surface area contributed by atoms with E-state index in [9.17, 15) is 41.4 Å². The Balaban J connectivity index is 1.43. The molecule has 2 aromatic carbocycles. The van der Waals surface area contributed by atoms with Crippen molar-refractivity contribution >= 4 is 46.7 Å². The van der Waals surface area contributed by atoms with Gasteiger partial charge in [0, 0.05) is 54.6 Å². The number of hydrogen-bond acceptors (Lipinski definition) is 8. The Kier molecular flexibility index (Phi) is 10.9. The number of alkyl halides is 5. The van der Waals surface area contributed by atoms with Crippen molar-refractivity contribution in [3.8, 4) is 5.75 Å². The summed E-state index contributed by atoms with van der Waals surface area (Å²) in [6.45, 7) is 0.107. The van der Waals surface area contributed by atoms with E-state index in [1.807, 2.05) is 0 Å². The van der Waals surface area contributed by atoms with Gasteiger partial charge in [-0.1, -0.05) is 23.2 Å². The minimum absolute atomic E-state index is 0.00497. The molecule has 0 aliphatic carbocycles. The van der Waals surface area contributed by atoms with Crippen molar-refractivity contribution in [2.24, 2.45) is 0 Å². The van der Waals surface area contributed by atoms with Crippen molar-refractivity contribution in [3.05, 3.63) is 57.6 Å². The first-order chi connectivity index (χ1) is 20.7. The van der Waals surface area contributed by atoms with Crippen molar-refractivity contribution < 1.29 is 50.9 Å². The SMILES string of the molecule is O=C(Cc1cc(Cl)c(OCC(F)F)cc1N1CC(O)C(NC2CCN(C(=O)c3ccc(Cl)cc3)CC2)C1)OC(=O)C(F)(F)F. The van der Waals surface area contributed by atoms with Crippen molar-refractivity contribution in [1.29, 1.82) is 0 Å². The quantitative estimate of drug-likeness (QED) is 0.232. The lowest BCUT2D eigenvalue weighted by Gasteiger charge is -2.34. The Morgan fingerprint density at radius 1 is 1.05 bits per heavy atom. The Morgan fingerprint density at radius 3 is 2.32 bits per heavy atom. The first kappa shape index (κ1) is 33.7. The summed E-state index contributed by atoms with van der Waals surface area (Å²) in [6, 6.07) is 8.44. The van der Waals surface area contributed by atoms with Crippen LogP contribution in [0.4, 0.5) is 27.6 Å². The molecule has 0 saturated carbocycles. The number of β-amino-alcohol motifs (C(OH)–C–C–N with tert-alkyl or cyclic N) is 1.